The van der Waals surface area contributed by atoms with E-state index in [0.717, 1.165) is 12.0 Å². The van der Waals surface area contributed by atoms with Crippen molar-refractivity contribution in [3.05, 3.63) is 92.9 Å². The molecule has 182 valence electrons. The van der Waals surface area contributed by atoms with Gasteiger partial charge in [-0.1, -0.05) is 48.0 Å². The maximum Gasteiger partial charge on any atom is 0.269 e. The van der Waals surface area contributed by atoms with Crippen LogP contribution in [0.25, 0.3) is 0 Å². The summed E-state index contributed by atoms with van der Waals surface area (Å²) < 4.78 is 6.41. The Morgan fingerprint density at radius 3 is 2.40 bits per heavy atom. The Kier molecular flexibility index (Phi) is 9.69. The molecule has 3 aromatic rings. The topological polar surface area (TPSA) is 96.5 Å². The number of benzene rings is 3. The number of hydrazine groups is 1. The fourth-order valence-corrected chi connectivity index (χ4v) is 3.79. The van der Waals surface area contributed by atoms with Crippen molar-refractivity contribution < 1.29 is 19.1 Å². The highest BCUT2D eigenvalue weighted by Gasteiger charge is 2.13. The Morgan fingerprint density at radius 2 is 1.66 bits per heavy atom. The van der Waals surface area contributed by atoms with Gasteiger partial charge in [0.2, 0.25) is 11.8 Å². The van der Waals surface area contributed by atoms with E-state index in [-0.39, 0.29) is 18.7 Å². The van der Waals surface area contributed by atoms with Crippen LogP contribution in [0.4, 0.5) is 5.69 Å². The second kappa shape index (κ2) is 12.9. The van der Waals surface area contributed by atoms with Crippen molar-refractivity contribution in [2.24, 2.45) is 0 Å². The van der Waals surface area contributed by atoms with Crippen LogP contribution in [0.1, 0.15) is 34.3 Å². The molecule has 7 nitrogen and oxygen atoms in total. The maximum atomic E-state index is 12.4. The second-order valence-electron chi connectivity index (χ2n) is 7.69. The third-order valence-corrected chi connectivity index (χ3v) is 6.15. The minimum atomic E-state index is -0.492. The van der Waals surface area contributed by atoms with Crippen molar-refractivity contribution in [3.63, 3.8) is 0 Å². The van der Waals surface area contributed by atoms with Crippen LogP contribution in [-0.2, 0) is 16.0 Å². The van der Waals surface area contributed by atoms with E-state index in [4.69, 9.17) is 16.3 Å². The normalized spacial score (nSPS) is 10.4. The Morgan fingerprint density at radius 1 is 0.914 bits per heavy atom. The third kappa shape index (κ3) is 8.12. The summed E-state index contributed by atoms with van der Waals surface area (Å²) in [7, 11) is 0. The summed E-state index contributed by atoms with van der Waals surface area (Å²) in [6.45, 7) is 2.29. The molecule has 0 bridgehead atoms. The number of carbonyl (C=O) groups excluding carboxylic acids is 3. The smallest absolute Gasteiger partial charge is 0.269 e. The Bertz CT molecular complexity index is 1200. The van der Waals surface area contributed by atoms with Crippen LogP contribution in [-0.4, -0.2) is 24.3 Å². The molecular formula is C26H25BrClN3O4. The molecule has 3 amide bonds. The van der Waals surface area contributed by atoms with Crippen LogP contribution in [0.3, 0.4) is 0 Å². The van der Waals surface area contributed by atoms with Crippen LogP contribution in [0.5, 0.6) is 5.75 Å². The minimum absolute atomic E-state index is 0.0474. The molecule has 0 heterocycles. The maximum absolute atomic E-state index is 12.4. The van der Waals surface area contributed by atoms with Gasteiger partial charge in [-0.3, -0.25) is 25.2 Å². The monoisotopic (exact) mass is 557 g/mol. The van der Waals surface area contributed by atoms with Crippen LogP contribution in [0.2, 0.25) is 5.02 Å². The van der Waals surface area contributed by atoms with E-state index < -0.39 is 11.8 Å². The highest BCUT2D eigenvalue weighted by molar-refractivity contribution is 9.10. The molecular weight excluding hydrogens is 534 g/mol. The third-order valence-electron chi connectivity index (χ3n) is 5.12. The lowest BCUT2D eigenvalue weighted by molar-refractivity contribution is -0.124. The van der Waals surface area contributed by atoms with E-state index in [1.54, 1.807) is 43.3 Å². The van der Waals surface area contributed by atoms with E-state index in [1.165, 1.54) is 5.56 Å². The average molecular weight is 559 g/mol. The van der Waals surface area contributed by atoms with Gasteiger partial charge >= 0.3 is 0 Å². The minimum Gasteiger partial charge on any atom is -0.492 e. The largest absolute Gasteiger partial charge is 0.492 e. The molecule has 0 saturated heterocycles. The van der Waals surface area contributed by atoms with Crippen molar-refractivity contribution in [1.29, 1.82) is 0 Å². The fourth-order valence-electron chi connectivity index (χ4n) is 3.13. The average Bonchev–Trinajstić information content (AvgIpc) is 2.85. The second-order valence-corrected chi connectivity index (χ2v) is 8.95. The number of anilines is 1. The number of ether oxygens (including phenoxy) is 1. The van der Waals surface area contributed by atoms with E-state index >= 15 is 0 Å². The number of hydrogen-bond acceptors (Lipinski definition) is 4. The van der Waals surface area contributed by atoms with Crippen molar-refractivity contribution >= 4 is 50.9 Å². The number of amides is 3. The standard InChI is InChI=1S/C26H25BrClN3O4/c1-17-21(28)8-5-9-22(17)29-24(32)12-13-25(33)30-31-26(34)19-10-11-23(20(27)16-19)35-15-14-18-6-3-2-4-7-18/h2-11,16H,12-15H2,1H3,(H,29,32)(H,30,33)(H,31,34). The highest BCUT2D eigenvalue weighted by atomic mass is 79.9. The Labute approximate surface area is 217 Å². The molecule has 0 atom stereocenters. The van der Waals surface area contributed by atoms with Crippen LogP contribution >= 0.6 is 27.5 Å². The predicted octanol–water partition coefficient (Wildman–Crippen LogP) is 5.21. The Balaban J connectivity index is 1.41. The van der Waals surface area contributed by atoms with E-state index in [2.05, 4.69) is 32.1 Å². The quantitative estimate of drug-likeness (QED) is 0.314. The van der Waals surface area contributed by atoms with E-state index in [0.29, 0.717) is 33.1 Å². The van der Waals surface area contributed by atoms with Crippen LogP contribution in [0.15, 0.2) is 71.2 Å². The van der Waals surface area contributed by atoms with Crippen LogP contribution < -0.4 is 20.9 Å². The summed E-state index contributed by atoms with van der Waals surface area (Å²) in [5, 5.41) is 3.27. The first-order valence-corrected chi connectivity index (χ1v) is 12.1. The summed E-state index contributed by atoms with van der Waals surface area (Å²) in [4.78, 5) is 36.6. The number of hydrogen-bond donors (Lipinski definition) is 3. The van der Waals surface area contributed by atoms with E-state index in [9.17, 15) is 14.4 Å². The zero-order valence-electron chi connectivity index (χ0n) is 19.1. The van der Waals surface area contributed by atoms with Gasteiger partial charge in [-0.2, -0.15) is 0 Å². The predicted molar refractivity (Wildman–Crippen MR) is 139 cm³/mol. The molecule has 0 aliphatic carbocycles. The van der Waals surface area contributed by atoms with Gasteiger partial charge in [-0.25, -0.2) is 0 Å². The Hall–Kier alpha value is -3.36. The lowest BCUT2D eigenvalue weighted by Crippen LogP contribution is -2.41. The zero-order chi connectivity index (χ0) is 25.2. The van der Waals surface area contributed by atoms with Gasteiger partial charge in [-0.15, -0.1) is 0 Å². The van der Waals surface area contributed by atoms with E-state index in [1.807, 2.05) is 30.3 Å². The molecule has 0 unspecified atom stereocenters. The molecule has 0 saturated carbocycles. The first-order chi connectivity index (χ1) is 16.8. The molecule has 3 rings (SSSR count). The molecule has 0 spiro atoms. The first-order valence-electron chi connectivity index (χ1n) is 10.9. The molecule has 3 N–H and O–H groups in total. The lowest BCUT2D eigenvalue weighted by Gasteiger charge is -2.11. The van der Waals surface area contributed by atoms with Gasteiger partial charge in [0.25, 0.3) is 5.91 Å². The molecule has 0 radical (unpaired) electrons. The van der Waals surface area contributed by atoms with Gasteiger partial charge in [0.1, 0.15) is 5.75 Å². The number of rotatable bonds is 9. The van der Waals surface area contributed by atoms with Gasteiger partial charge in [0, 0.05) is 35.5 Å². The van der Waals surface area contributed by atoms with Crippen molar-refractivity contribution in [2.45, 2.75) is 26.2 Å². The molecule has 0 aromatic heterocycles. The van der Waals surface area contributed by atoms with Gasteiger partial charge in [0.05, 0.1) is 11.1 Å². The number of nitrogens with one attached hydrogen (secondary N) is 3. The molecule has 0 fully saturated rings. The number of carbonyl (C=O) groups is 3. The van der Waals surface area contributed by atoms with Gasteiger partial charge < -0.3 is 10.1 Å². The van der Waals surface area contributed by atoms with Crippen LogP contribution in [0, 0.1) is 6.92 Å². The molecule has 0 aliphatic rings. The van der Waals surface area contributed by atoms with Crippen molar-refractivity contribution in [1.82, 2.24) is 10.9 Å². The molecule has 9 heteroatoms. The summed E-state index contributed by atoms with van der Waals surface area (Å²) >= 11 is 9.46. The summed E-state index contributed by atoms with van der Waals surface area (Å²) in [6.07, 6.45) is 0.621. The van der Waals surface area contributed by atoms with Crippen molar-refractivity contribution in [3.8, 4) is 5.75 Å². The zero-order valence-corrected chi connectivity index (χ0v) is 21.4. The summed E-state index contributed by atoms with van der Waals surface area (Å²) in [6, 6.07) is 20.1. The fraction of sp³-hybridized carbons (Fsp3) is 0.192. The molecule has 35 heavy (non-hydrogen) atoms. The summed E-state index contributed by atoms with van der Waals surface area (Å²) in [5.74, 6) is -0.698. The van der Waals surface area contributed by atoms with Gasteiger partial charge in [0.15, 0.2) is 0 Å². The molecule has 3 aromatic carbocycles. The lowest BCUT2D eigenvalue weighted by atomic mass is 10.2. The van der Waals surface area contributed by atoms with Gasteiger partial charge in [-0.05, 0) is 64.3 Å². The SMILES string of the molecule is Cc1c(Cl)cccc1NC(=O)CCC(=O)NNC(=O)c1ccc(OCCc2ccccc2)c(Br)c1. The highest BCUT2D eigenvalue weighted by Crippen LogP contribution is 2.26. The number of halogens is 2. The van der Waals surface area contributed by atoms with Crippen molar-refractivity contribution in [2.75, 3.05) is 11.9 Å². The molecule has 0 aliphatic heterocycles. The summed E-state index contributed by atoms with van der Waals surface area (Å²) in [5.41, 5.74) is 7.52. The first kappa shape index (κ1) is 26.2.